The van der Waals surface area contributed by atoms with Gasteiger partial charge in [-0.05, 0) is 54.1 Å². The average Bonchev–Trinajstić information content (AvgIpc) is 2.78. The van der Waals surface area contributed by atoms with Crippen LogP contribution >= 0.6 is 0 Å². The molecule has 3 aromatic carbocycles. The number of anilines is 1. The van der Waals surface area contributed by atoms with Crippen molar-refractivity contribution < 1.29 is 19.1 Å². The number of carbonyl (C=O) groups excluding carboxylic acids is 3. The van der Waals surface area contributed by atoms with Gasteiger partial charge < -0.3 is 10.1 Å². The third-order valence-electron chi connectivity index (χ3n) is 4.28. The van der Waals surface area contributed by atoms with Gasteiger partial charge in [-0.3, -0.25) is 25.2 Å². The summed E-state index contributed by atoms with van der Waals surface area (Å²) in [5.74, 6) is -0.438. The van der Waals surface area contributed by atoms with Crippen molar-refractivity contribution in [1.82, 2.24) is 10.9 Å². The van der Waals surface area contributed by atoms with Crippen LogP contribution in [0.15, 0.2) is 78.9 Å². The zero-order valence-electron chi connectivity index (χ0n) is 16.3. The fourth-order valence-electron chi connectivity index (χ4n) is 2.69. The number of ether oxygens (including phenoxy) is 1. The number of hydrazine groups is 1. The molecule has 3 aromatic rings. The Labute approximate surface area is 174 Å². The highest BCUT2D eigenvalue weighted by molar-refractivity contribution is 5.99. The molecule has 3 rings (SSSR count). The number of hydrogen-bond donors (Lipinski definition) is 3. The number of amides is 3. The first kappa shape index (κ1) is 20.6. The quantitative estimate of drug-likeness (QED) is 0.552. The topological polar surface area (TPSA) is 96.5 Å². The lowest BCUT2D eigenvalue weighted by Crippen LogP contribution is -2.41. The molecule has 0 fully saturated rings. The summed E-state index contributed by atoms with van der Waals surface area (Å²) in [5, 5.41) is 2.79. The number of benzene rings is 3. The largest absolute Gasteiger partial charge is 0.497 e. The molecule has 3 N–H and O–H groups in total. The fraction of sp³-hybridized carbons (Fsp3) is 0.0870. The van der Waals surface area contributed by atoms with Crippen molar-refractivity contribution in [1.29, 1.82) is 0 Å². The summed E-state index contributed by atoms with van der Waals surface area (Å²) >= 11 is 0. The molecule has 7 heteroatoms. The maximum absolute atomic E-state index is 12.2. The molecule has 0 heterocycles. The van der Waals surface area contributed by atoms with Crippen molar-refractivity contribution >= 4 is 23.4 Å². The van der Waals surface area contributed by atoms with Crippen LogP contribution in [-0.4, -0.2) is 24.8 Å². The minimum absolute atomic E-state index is 0.148. The highest BCUT2D eigenvalue weighted by Crippen LogP contribution is 2.12. The van der Waals surface area contributed by atoms with Crippen molar-refractivity contribution in [3.63, 3.8) is 0 Å². The number of rotatable bonds is 6. The Bertz CT molecular complexity index is 1020. The molecule has 0 unspecified atom stereocenters. The van der Waals surface area contributed by atoms with Gasteiger partial charge in [0.05, 0.1) is 13.5 Å². The molecule has 0 bridgehead atoms. The standard InChI is InChI=1S/C23H21N3O4/c1-30-20-13-9-18(10-14-20)23(29)26-25-22(28)17-7-11-19(12-8-17)24-21(27)15-16-5-3-2-4-6-16/h2-14H,15H2,1H3,(H,24,27)(H,25,28)(H,26,29). The lowest BCUT2D eigenvalue weighted by Gasteiger charge is -2.09. The smallest absolute Gasteiger partial charge is 0.269 e. The normalized spacial score (nSPS) is 10.0. The maximum Gasteiger partial charge on any atom is 0.269 e. The van der Waals surface area contributed by atoms with Crippen LogP contribution < -0.4 is 20.9 Å². The SMILES string of the molecule is COc1ccc(C(=O)NNC(=O)c2ccc(NC(=O)Cc3ccccc3)cc2)cc1. The molecule has 30 heavy (non-hydrogen) atoms. The second-order valence-electron chi connectivity index (χ2n) is 6.42. The van der Waals surface area contributed by atoms with E-state index in [4.69, 9.17) is 4.74 Å². The Balaban J connectivity index is 1.50. The van der Waals surface area contributed by atoms with Crippen molar-refractivity contribution in [2.24, 2.45) is 0 Å². The van der Waals surface area contributed by atoms with Crippen LogP contribution in [0.1, 0.15) is 26.3 Å². The second kappa shape index (κ2) is 9.88. The van der Waals surface area contributed by atoms with Gasteiger partial charge in [0.25, 0.3) is 11.8 Å². The van der Waals surface area contributed by atoms with E-state index in [-0.39, 0.29) is 12.3 Å². The number of hydrogen-bond acceptors (Lipinski definition) is 4. The average molecular weight is 403 g/mol. The molecule has 0 aliphatic carbocycles. The van der Waals surface area contributed by atoms with Crippen LogP contribution in [0.4, 0.5) is 5.69 Å². The molecule has 0 saturated carbocycles. The predicted octanol–water partition coefficient (Wildman–Crippen LogP) is 2.95. The first-order valence-corrected chi connectivity index (χ1v) is 9.24. The van der Waals surface area contributed by atoms with Crippen molar-refractivity contribution in [2.75, 3.05) is 12.4 Å². The van der Waals surface area contributed by atoms with Gasteiger partial charge >= 0.3 is 0 Å². The van der Waals surface area contributed by atoms with Crippen LogP contribution in [0.5, 0.6) is 5.75 Å². The van der Waals surface area contributed by atoms with E-state index >= 15 is 0 Å². The Morgan fingerprint density at radius 1 is 0.733 bits per heavy atom. The summed E-state index contributed by atoms with van der Waals surface area (Å²) in [5.41, 5.74) is 6.94. The lowest BCUT2D eigenvalue weighted by atomic mass is 10.1. The molecular formula is C23H21N3O4. The number of carbonyl (C=O) groups is 3. The highest BCUT2D eigenvalue weighted by Gasteiger charge is 2.10. The summed E-state index contributed by atoms with van der Waals surface area (Å²) in [6.45, 7) is 0. The second-order valence-corrected chi connectivity index (χ2v) is 6.42. The molecular weight excluding hydrogens is 382 g/mol. The molecule has 0 saturated heterocycles. The van der Waals surface area contributed by atoms with Crippen molar-refractivity contribution in [3.8, 4) is 5.75 Å². The molecule has 0 atom stereocenters. The summed E-state index contributed by atoms with van der Waals surface area (Å²) in [7, 11) is 1.54. The summed E-state index contributed by atoms with van der Waals surface area (Å²) in [6, 6.07) is 22.3. The maximum atomic E-state index is 12.2. The zero-order valence-corrected chi connectivity index (χ0v) is 16.3. The Kier molecular flexibility index (Phi) is 6.78. The summed E-state index contributed by atoms with van der Waals surface area (Å²) in [6.07, 6.45) is 0.264. The van der Waals surface area contributed by atoms with Gasteiger partial charge in [-0.1, -0.05) is 30.3 Å². The van der Waals surface area contributed by atoms with E-state index in [2.05, 4.69) is 16.2 Å². The van der Waals surface area contributed by atoms with Crippen LogP contribution in [0, 0.1) is 0 Å². The van der Waals surface area contributed by atoms with E-state index < -0.39 is 11.8 Å². The van der Waals surface area contributed by atoms with Gasteiger partial charge in [0.15, 0.2) is 0 Å². The van der Waals surface area contributed by atoms with E-state index in [0.29, 0.717) is 22.6 Å². The third kappa shape index (κ3) is 5.68. The highest BCUT2D eigenvalue weighted by atomic mass is 16.5. The van der Waals surface area contributed by atoms with E-state index in [9.17, 15) is 14.4 Å². The van der Waals surface area contributed by atoms with E-state index in [0.717, 1.165) is 5.56 Å². The van der Waals surface area contributed by atoms with Gasteiger partial charge in [0, 0.05) is 16.8 Å². The summed E-state index contributed by atoms with van der Waals surface area (Å²) in [4.78, 5) is 36.4. The van der Waals surface area contributed by atoms with Gasteiger partial charge in [0.1, 0.15) is 5.75 Å². The van der Waals surface area contributed by atoms with Gasteiger partial charge in [-0.2, -0.15) is 0 Å². The van der Waals surface area contributed by atoms with Crippen LogP contribution in [-0.2, 0) is 11.2 Å². The van der Waals surface area contributed by atoms with Crippen LogP contribution in [0.3, 0.4) is 0 Å². The minimum Gasteiger partial charge on any atom is -0.497 e. The van der Waals surface area contributed by atoms with E-state index in [1.165, 1.54) is 7.11 Å². The predicted molar refractivity (Wildman–Crippen MR) is 113 cm³/mol. The van der Waals surface area contributed by atoms with Crippen molar-refractivity contribution in [2.45, 2.75) is 6.42 Å². The molecule has 0 spiro atoms. The molecule has 0 aliphatic heterocycles. The van der Waals surface area contributed by atoms with E-state index in [1.54, 1.807) is 48.5 Å². The first-order chi connectivity index (χ1) is 14.5. The van der Waals surface area contributed by atoms with Crippen molar-refractivity contribution in [3.05, 3.63) is 95.6 Å². The molecule has 152 valence electrons. The first-order valence-electron chi connectivity index (χ1n) is 9.24. The Morgan fingerprint density at radius 2 is 1.27 bits per heavy atom. The fourth-order valence-corrected chi connectivity index (χ4v) is 2.69. The summed E-state index contributed by atoms with van der Waals surface area (Å²) < 4.78 is 5.04. The minimum atomic E-state index is -0.473. The third-order valence-corrected chi connectivity index (χ3v) is 4.28. The zero-order chi connectivity index (χ0) is 21.3. The van der Waals surface area contributed by atoms with E-state index in [1.807, 2.05) is 30.3 Å². The molecule has 7 nitrogen and oxygen atoms in total. The molecule has 0 radical (unpaired) electrons. The monoisotopic (exact) mass is 403 g/mol. The molecule has 0 aliphatic rings. The Morgan fingerprint density at radius 3 is 1.80 bits per heavy atom. The van der Waals surface area contributed by atoms with Gasteiger partial charge in [-0.15, -0.1) is 0 Å². The molecule has 0 aromatic heterocycles. The molecule has 3 amide bonds. The Hall–Kier alpha value is -4.13. The van der Waals surface area contributed by atoms with Crippen LogP contribution in [0.2, 0.25) is 0 Å². The lowest BCUT2D eigenvalue weighted by molar-refractivity contribution is -0.115. The number of nitrogens with one attached hydrogen (secondary N) is 3. The van der Waals surface area contributed by atoms with Gasteiger partial charge in [0.2, 0.25) is 5.91 Å². The van der Waals surface area contributed by atoms with Gasteiger partial charge in [-0.25, -0.2) is 0 Å². The number of methoxy groups -OCH3 is 1. The van der Waals surface area contributed by atoms with Crippen LogP contribution in [0.25, 0.3) is 0 Å².